The largest absolute Gasteiger partial charge is 0.489 e. The quantitative estimate of drug-likeness (QED) is 0.296. The van der Waals surface area contributed by atoms with Gasteiger partial charge in [-0.2, -0.15) is 0 Å². The van der Waals surface area contributed by atoms with E-state index < -0.39 is 18.2 Å². The first-order valence-electron chi connectivity index (χ1n) is 13.5. The van der Waals surface area contributed by atoms with Gasteiger partial charge in [0.05, 0.1) is 0 Å². The van der Waals surface area contributed by atoms with E-state index in [0.29, 0.717) is 17.7 Å². The first-order chi connectivity index (χ1) is 18.6. The van der Waals surface area contributed by atoms with Crippen LogP contribution in [0.25, 0.3) is 16.7 Å². The molecule has 6 heteroatoms. The summed E-state index contributed by atoms with van der Waals surface area (Å²) in [5, 5.41) is 8.92. The number of hydrogen-bond acceptors (Lipinski definition) is 2. The molecule has 0 heterocycles. The van der Waals surface area contributed by atoms with Crippen LogP contribution in [0, 0.1) is 11.2 Å². The fourth-order valence-electron chi connectivity index (χ4n) is 4.70. The second-order valence-electron chi connectivity index (χ2n) is 10.9. The van der Waals surface area contributed by atoms with Crippen LogP contribution >= 0.6 is 0 Å². The molecule has 0 bridgehead atoms. The molecule has 3 aromatic carbocycles. The van der Waals surface area contributed by atoms with Crippen LogP contribution in [0.2, 0.25) is 0 Å². The van der Waals surface area contributed by atoms with Gasteiger partial charge in [0.15, 0.2) is 0 Å². The van der Waals surface area contributed by atoms with Crippen molar-refractivity contribution in [3.8, 4) is 16.9 Å². The Morgan fingerprint density at radius 2 is 1.72 bits per heavy atom. The molecule has 2 aliphatic carbocycles. The molecule has 206 valence electrons. The molecule has 0 aromatic heterocycles. The molecule has 2 aliphatic rings. The van der Waals surface area contributed by atoms with Crippen molar-refractivity contribution in [3.63, 3.8) is 0 Å². The maximum absolute atomic E-state index is 14.9. The van der Waals surface area contributed by atoms with Crippen LogP contribution in [0.4, 0.5) is 13.2 Å². The standard InChI is InChI=1S/C30H29F3O3.C3H6/c1-30(2)14-4-7-26(30)24-16-20(18-36-22-6-3-5-19(15-22)9-13-28(34)35)8-11-23(24)25-17-21(29(32)33)10-12-27(25)31;1-2-3-1/h3,5-8,10-12,15-17,29H,4,9,13-14,18H2,1-2H3,(H,34,35);1-3H2. The fraction of sp³-hybridized carbons (Fsp3) is 0.364. The van der Waals surface area contributed by atoms with Gasteiger partial charge in [-0.1, -0.05) is 69.5 Å². The predicted molar refractivity (Wildman–Crippen MR) is 148 cm³/mol. The molecule has 0 unspecified atom stereocenters. The Balaban J connectivity index is 0.00000110. The molecule has 0 radical (unpaired) electrons. The van der Waals surface area contributed by atoms with Crippen molar-refractivity contribution in [3.05, 3.63) is 94.8 Å². The van der Waals surface area contributed by atoms with Gasteiger partial charge in [-0.25, -0.2) is 13.2 Å². The van der Waals surface area contributed by atoms with E-state index in [4.69, 9.17) is 9.84 Å². The van der Waals surface area contributed by atoms with Crippen LogP contribution in [-0.4, -0.2) is 11.1 Å². The van der Waals surface area contributed by atoms with Gasteiger partial charge in [0, 0.05) is 17.5 Å². The molecular formula is C33H35F3O3. The second-order valence-corrected chi connectivity index (χ2v) is 10.9. The summed E-state index contributed by atoms with van der Waals surface area (Å²) in [7, 11) is 0. The van der Waals surface area contributed by atoms with Crippen LogP contribution in [0.15, 0.2) is 66.7 Å². The summed E-state index contributed by atoms with van der Waals surface area (Å²) < 4.78 is 47.6. The summed E-state index contributed by atoms with van der Waals surface area (Å²) in [4.78, 5) is 10.9. The highest BCUT2D eigenvalue weighted by Gasteiger charge is 2.30. The van der Waals surface area contributed by atoms with Gasteiger partial charge in [0.25, 0.3) is 6.43 Å². The van der Waals surface area contributed by atoms with Crippen molar-refractivity contribution in [2.75, 3.05) is 0 Å². The van der Waals surface area contributed by atoms with E-state index in [1.807, 2.05) is 36.4 Å². The third-order valence-corrected chi connectivity index (χ3v) is 7.04. The van der Waals surface area contributed by atoms with E-state index in [9.17, 15) is 18.0 Å². The van der Waals surface area contributed by atoms with Crippen LogP contribution < -0.4 is 4.74 Å². The normalized spacial score (nSPS) is 15.4. The lowest BCUT2D eigenvalue weighted by molar-refractivity contribution is -0.136. The van der Waals surface area contributed by atoms with Crippen molar-refractivity contribution >= 4 is 11.5 Å². The van der Waals surface area contributed by atoms with Crippen molar-refractivity contribution in [2.24, 2.45) is 5.41 Å². The van der Waals surface area contributed by atoms with Gasteiger partial charge in [-0.05, 0) is 82.8 Å². The molecule has 0 amide bonds. The smallest absolute Gasteiger partial charge is 0.303 e. The summed E-state index contributed by atoms with van der Waals surface area (Å²) in [6, 6.07) is 16.3. The number of alkyl halides is 2. The first-order valence-corrected chi connectivity index (χ1v) is 13.5. The topological polar surface area (TPSA) is 46.5 Å². The zero-order valence-electron chi connectivity index (χ0n) is 22.5. The first kappa shape index (κ1) is 28.5. The van der Waals surface area contributed by atoms with E-state index in [0.717, 1.165) is 47.2 Å². The zero-order chi connectivity index (χ0) is 28.0. The van der Waals surface area contributed by atoms with Crippen LogP contribution in [0.3, 0.4) is 0 Å². The number of hydrogen-bond donors (Lipinski definition) is 1. The number of halogens is 3. The number of aliphatic carboxylic acids is 1. The van der Waals surface area contributed by atoms with E-state index in [1.165, 1.54) is 25.3 Å². The Morgan fingerprint density at radius 3 is 2.36 bits per heavy atom. The Labute approximate surface area is 228 Å². The molecule has 1 saturated carbocycles. The number of rotatable bonds is 9. The lowest BCUT2D eigenvalue weighted by Crippen LogP contribution is -2.10. The van der Waals surface area contributed by atoms with Gasteiger partial charge in [-0.3, -0.25) is 4.79 Å². The van der Waals surface area contributed by atoms with Crippen molar-refractivity contribution in [2.45, 2.75) is 71.8 Å². The second kappa shape index (κ2) is 12.5. The molecule has 1 N–H and O–H groups in total. The SMILES string of the molecule is C1CC1.CC1(C)CCC=C1c1cc(COc2cccc(CCC(=O)O)c2)ccc1-c1cc(C(F)F)ccc1F. The van der Waals surface area contributed by atoms with Gasteiger partial charge in [0.2, 0.25) is 0 Å². The highest BCUT2D eigenvalue weighted by Crippen LogP contribution is 2.47. The molecule has 0 spiro atoms. The molecule has 0 saturated heterocycles. The highest BCUT2D eigenvalue weighted by atomic mass is 19.3. The Morgan fingerprint density at radius 1 is 0.949 bits per heavy atom. The minimum absolute atomic E-state index is 0.0441. The maximum atomic E-state index is 14.9. The predicted octanol–water partition coefficient (Wildman–Crippen LogP) is 9.40. The van der Waals surface area contributed by atoms with Gasteiger partial charge < -0.3 is 9.84 Å². The molecule has 3 nitrogen and oxygen atoms in total. The number of benzene rings is 3. The monoisotopic (exact) mass is 536 g/mol. The fourth-order valence-corrected chi connectivity index (χ4v) is 4.70. The van der Waals surface area contributed by atoms with Crippen molar-refractivity contribution in [1.82, 2.24) is 0 Å². The summed E-state index contributed by atoms with van der Waals surface area (Å²) in [6.07, 6.45) is 6.26. The third-order valence-electron chi connectivity index (χ3n) is 7.04. The Hall–Kier alpha value is -3.54. The molecular weight excluding hydrogens is 501 g/mol. The zero-order valence-corrected chi connectivity index (χ0v) is 22.5. The molecule has 5 rings (SSSR count). The van der Waals surface area contributed by atoms with Crippen LogP contribution in [0.5, 0.6) is 5.75 Å². The van der Waals surface area contributed by atoms with Crippen LogP contribution in [0.1, 0.15) is 81.1 Å². The molecule has 39 heavy (non-hydrogen) atoms. The molecule has 0 atom stereocenters. The molecule has 3 aromatic rings. The summed E-state index contributed by atoms with van der Waals surface area (Å²) >= 11 is 0. The van der Waals surface area contributed by atoms with E-state index in [2.05, 4.69) is 19.9 Å². The lowest BCUT2D eigenvalue weighted by atomic mass is 9.79. The van der Waals surface area contributed by atoms with Gasteiger partial charge in [-0.15, -0.1) is 0 Å². The number of ether oxygens (including phenoxy) is 1. The minimum atomic E-state index is -2.69. The number of aryl methyl sites for hydroxylation is 1. The average molecular weight is 537 g/mol. The van der Waals surface area contributed by atoms with Gasteiger partial charge in [0.1, 0.15) is 18.2 Å². The Kier molecular flexibility index (Phi) is 9.16. The van der Waals surface area contributed by atoms with Gasteiger partial charge >= 0.3 is 5.97 Å². The summed E-state index contributed by atoms with van der Waals surface area (Å²) in [5.74, 6) is -0.771. The van der Waals surface area contributed by atoms with E-state index in [-0.39, 0.29) is 29.6 Å². The average Bonchev–Trinajstić information content (AvgIpc) is 3.75. The van der Waals surface area contributed by atoms with E-state index >= 15 is 0 Å². The summed E-state index contributed by atoms with van der Waals surface area (Å²) in [5.41, 5.74) is 4.00. The van der Waals surface area contributed by atoms with Crippen molar-refractivity contribution in [1.29, 1.82) is 0 Å². The number of carbonyl (C=O) groups is 1. The highest BCUT2D eigenvalue weighted by molar-refractivity contribution is 5.85. The van der Waals surface area contributed by atoms with Crippen molar-refractivity contribution < 1.29 is 27.8 Å². The summed E-state index contributed by atoms with van der Waals surface area (Å²) in [6.45, 7) is 4.52. The number of carboxylic acids is 1. The van der Waals surface area contributed by atoms with E-state index in [1.54, 1.807) is 6.07 Å². The Bertz CT molecular complexity index is 1340. The maximum Gasteiger partial charge on any atom is 0.303 e. The molecule has 1 fully saturated rings. The third kappa shape index (κ3) is 7.75. The number of allylic oxidation sites excluding steroid dienone is 2. The minimum Gasteiger partial charge on any atom is -0.489 e. The molecule has 0 aliphatic heterocycles. The number of carboxylic acid groups (broad SMARTS) is 1. The lowest BCUT2D eigenvalue weighted by Gasteiger charge is -2.25. The van der Waals surface area contributed by atoms with Crippen LogP contribution in [-0.2, 0) is 17.8 Å².